The molecule has 3 nitrogen and oxygen atoms in total. The summed E-state index contributed by atoms with van der Waals surface area (Å²) in [5.74, 6) is 0.669. The largest absolute Gasteiger partial charge is 0.458 e. The van der Waals surface area contributed by atoms with Crippen molar-refractivity contribution in [1.29, 1.82) is 0 Å². The fourth-order valence-electron chi connectivity index (χ4n) is 2.71. The van der Waals surface area contributed by atoms with E-state index in [0.717, 1.165) is 46.6 Å². The highest BCUT2D eigenvalue weighted by molar-refractivity contribution is 6.32. The molecule has 0 fully saturated rings. The first-order valence-corrected chi connectivity index (χ1v) is 6.55. The van der Waals surface area contributed by atoms with Gasteiger partial charge in [0.2, 0.25) is 0 Å². The minimum absolute atomic E-state index is 0.592. The van der Waals surface area contributed by atoms with Crippen molar-refractivity contribution in [1.82, 2.24) is 4.90 Å². The second kappa shape index (κ2) is 4.26. The molecule has 0 aliphatic carbocycles. The number of rotatable bonds is 1. The molecule has 1 aliphatic heterocycles. The number of nitrogens with zero attached hydrogens (tertiary/aromatic N) is 1. The summed E-state index contributed by atoms with van der Waals surface area (Å²) in [6.45, 7) is 3.49. The zero-order valence-corrected chi connectivity index (χ0v) is 11.3. The van der Waals surface area contributed by atoms with Gasteiger partial charge in [0.05, 0.1) is 0 Å². The molecule has 0 radical (unpaired) electrons. The summed E-state index contributed by atoms with van der Waals surface area (Å²) in [4.78, 5) is 2.23. The van der Waals surface area contributed by atoms with Crippen LogP contribution in [0, 0.1) is 0 Å². The lowest BCUT2D eigenvalue weighted by Gasteiger charge is -2.14. The second-order valence-corrected chi connectivity index (χ2v) is 5.41. The van der Waals surface area contributed by atoms with Crippen LogP contribution in [0.4, 0.5) is 0 Å². The molecular formula is C14H16ClNO2. The molecule has 2 aromatic rings. The molecule has 18 heavy (non-hydrogen) atoms. The Labute approximate surface area is 111 Å². The molecule has 3 rings (SSSR count). The molecule has 1 aromatic heterocycles. The van der Waals surface area contributed by atoms with E-state index in [1.54, 1.807) is 6.92 Å². The van der Waals surface area contributed by atoms with Gasteiger partial charge in [-0.05, 0) is 38.1 Å². The summed E-state index contributed by atoms with van der Waals surface area (Å²) in [7, 11) is 2.07. The van der Waals surface area contributed by atoms with Gasteiger partial charge in [-0.25, -0.2) is 0 Å². The number of hydrogen-bond donors (Lipinski definition) is 1. The average Bonchev–Trinajstić information content (AvgIpc) is 2.57. The van der Waals surface area contributed by atoms with Crippen molar-refractivity contribution in [3.05, 3.63) is 34.0 Å². The number of aliphatic hydroxyl groups excluding tert-OH is 1. The molecule has 4 heteroatoms. The maximum atomic E-state index is 9.85. The highest BCUT2D eigenvalue weighted by atomic mass is 35.5. The number of likely N-dealkylation sites (N-methyl/N-ethyl adjacent to an activating group) is 1. The number of furan rings is 1. The van der Waals surface area contributed by atoms with Gasteiger partial charge in [-0.2, -0.15) is 0 Å². The SMILES string of the molecule is CC(O)c1oc2ccc(Cl)c3c2c1CN(C)CC3. The quantitative estimate of drug-likeness (QED) is 0.861. The Hall–Kier alpha value is -1.03. The third-order valence-electron chi connectivity index (χ3n) is 3.59. The summed E-state index contributed by atoms with van der Waals surface area (Å²) in [6.07, 6.45) is 0.323. The van der Waals surface area contributed by atoms with E-state index in [0.29, 0.717) is 5.76 Å². The minimum atomic E-state index is -0.592. The molecule has 0 bridgehead atoms. The van der Waals surface area contributed by atoms with Gasteiger partial charge in [0.25, 0.3) is 0 Å². The van der Waals surface area contributed by atoms with Gasteiger partial charge in [0.15, 0.2) is 0 Å². The standard InChI is InChI=1S/C14H16ClNO2/c1-8(17)14-10-7-16(2)6-5-9-11(15)3-4-12(18-14)13(9)10/h3-4,8,17H,5-7H2,1-2H3. The van der Waals surface area contributed by atoms with Crippen molar-refractivity contribution in [2.75, 3.05) is 13.6 Å². The van der Waals surface area contributed by atoms with Crippen molar-refractivity contribution in [2.24, 2.45) is 0 Å². The molecule has 0 saturated heterocycles. The lowest BCUT2D eigenvalue weighted by atomic mass is 10.0. The Morgan fingerprint density at radius 3 is 2.89 bits per heavy atom. The van der Waals surface area contributed by atoms with Gasteiger partial charge in [-0.1, -0.05) is 11.6 Å². The molecule has 0 saturated carbocycles. The molecule has 2 heterocycles. The highest BCUT2D eigenvalue weighted by Gasteiger charge is 2.24. The maximum absolute atomic E-state index is 9.85. The summed E-state index contributed by atoms with van der Waals surface area (Å²) in [6, 6.07) is 3.77. The van der Waals surface area contributed by atoms with Crippen molar-refractivity contribution >= 4 is 22.6 Å². The Balaban J connectivity index is 2.35. The Morgan fingerprint density at radius 1 is 1.39 bits per heavy atom. The smallest absolute Gasteiger partial charge is 0.138 e. The van der Waals surface area contributed by atoms with E-state index in [4.69, 9.17) is 16.0 Å². The zero-order valence-electron chi connectivity index (χ0n) is 10.5. The number of halogens is 1. The highest BCUT2D eigenvalue weighted by Crippen LogP contribution is 2.37. The van der Waals surface area contributed by atoms with Crippen molar-refractivity contribution in [3.63, 3.8) is 0 Å². The summed E-state index contributed by atoms with van der Waals surface area (Å²) in [5, 5.41) is 11.7. The van der Waals surface area contributed by atoms with Gasteiger partial charge < -0.3 is 14.4 Å². The van der Waals surface area contributed by atoms with Crippen LogP contribution in [0.25, 0.3) is 11.0 Å². The maximum Gasteiger partial charge on any atom is 0.138 e. The molecule has 1 aromatic carbocycles. The number of aliphatic hydroxyl groups is 1. The third-order valence-corrected chi connectivity index (χ3v) is 3.94. The van der Waals surface area contributed by atoms with Crippen LogP contribution in [-0.2, 0) is 13.0 Å². The number of hydrogen-bond acceptors (Lipinski definition) is 3. The predicted octanol–water partition coefficient (Wildman–Crippen LogP) is 3.13. The van der Waals surface area contributed by atoms with Gasteiger partial charge in [0, 0.05) is 29.1 Å². The van der Waals surface area contributed by atoms with E-state index in [1.807, 2.05) is 12.1 Å². The van der Waals surface area contributed by atoms with Gasteiger partial charge in [0.1, 0.15) is 17.4 Å². The van der Waals surface area contributed by atoms with Crippen LogP contribution in [0.3, 0.4) is 0 Å². The van der Waals surface area contributed by atoms with Crippen molar-refractivity contribution in [2.45, 2.75) is 26.0 Å². The van der Waals surface area contributed by atoms with Gasteiger partial charge in [-0.3, -0.25) is 0 Å². The summed E-state index contributed by atoms with van der Waals surface area (Å²) in [5.41, 5.74) is 3.05. The molecular weight excluding hydrogens is 250 g/mol. The minimum Gasteiger partial charge on any atom is -0.458 e. The van der Waals surface area contributed by atoms with E-state index < -0.39 is 6.10 Å². The summed E-state index contributed by atoms with van der Waals surface area (Å²) >= 11 is 6.30. The molecule has 0 spiro atoms. The lowest BCUT2D eigenvalue weighted by Crippen LogP contribution is -2.19. The van der Waals surface area contributed by atoms with Crippen LogP contribution < -0.4 is 0 Å². The Kier molecular flexibility index (Phi) is 2.85. The normalized spacial score (nSPS) is 18.0. The van der Waals surface area contributed by atoms with Gasteiger partial charge >= 0.3 is 0 Å². The molecule has 1 N–H and O–H groups in total. The zero-order chi connectivity index (χ0) is 12.9. The first-order valence-electron chi connectivity index (χ1n) is 6.17. The molecule has 0 amide bonds. The van der Waals surface area contributed by atoms with Crippen LogP contribution in [0.15, 0.2) is 16.5 Å². The van der Waals surface area contributed by atoms with Crippen molar-refractivity contribution < 1.29 is 9.52 Å². The predicted molar refractivity (Wildman–Crippen MR) is 71.9 cm³/mol. The lowest BCUT2D eigenvalue weighted by molar-refractivity contribution is 0.168. The topological polar surface area (TPSA) is 36.6 Å². The van der Waals surface area contributed by atoms with Crippen LogP contribution in [0.2, 0.25) is 5.02 Å². The average molecular weight is 266 g/mol. The van der Waals surface area contributed by atoms with Crippen LogP contribution in [0.1, 0.15) is 29.9 Å². The van der Waals surface area contributed by atoms with Crippen LogP contribution >= 0.6 is 11.6 Å². The first-order chi connectivity index (χ1) is 8.58. The fraction of sp³-hybridized carbons (Fsp3) is 0.429. The van der Waals surface area contributed by atoms with Crippen LogP contribution in [-0.4, -0.2) is 23.6 Å². The Bertz CT molecular complexity index is 603. The molecule has 1 aliphatic rings. The van der Waals surface area contributed by atoms with Crippen molar-refractivity contribution in [3.8, 4) is 0 Å². The summed E-state index contributed by atoms with van der Waals surface area (Å²) < 4.78 is 5.80. The van der Waals surface area contributed by atoms with E-state index in [2.05, 4.69) is 11.9 Å². The van der Waals surface area contributed by atoms with E-state index in [1.165, 1.54) is 0 Å². The Morgan fingerprint density at radius 2 is 2.17 bits per heavy atom. The molecule has 1 atom stereocenters. The van der Waals surface area contributed by atoms with Gasteiger partial charge in [-0.15, -0.1) is 0 Å². The van der Waals surface area contributed by atoms with E-state index in [-0.39, 0.29) is 0 Å². The fourth-order valence-corrected chi connectivity index (χ4v) is 2.96. The molecule has 96 valence electrons. The third kappa shape index (κ3) is 1.74. The van der Waals surface area contributed by atoms with E-state index >= 15 is 0 Å². The van der Waals surface area contributed by atoms with Crippen LogP contribution in [0.5, 0.6) is 0 Å². The first kappa shape index (κ1) is 12.0. The second-order valence-electron chi connectivity index (χ2n) is 5.01. The number of benzene rings is 1. The monoisotopic (exact) mass is 265 g/mol. The van der Waals surface area contributed by atoms with E-state index in [9.17, 15) is 5.11 Å². The molecule has 1 unspecified atom stereocenters.